The zero-order valence-electron chi connectivity index (χ0n) is 10.7. The van der Waals surface area contributed by atoms with Crippen molar-refractivity contribution in [2.75, 3.05) is 14.1 Å². The van der Waals surface area contributed by atoms with E-state index in [4.69, 9.17) is 0 Å². The van der Waals surface area contributed by atoms with Crippen LogP contribution in [0.1, 0.15) is 23.2 Å². The number of rotatable bonds is 5. The van der Waals surface area contributed by atoms with Gasteiger partial charge in [-0.1, -0.05) is 0 Å². The second-order valence-electron chi connectivity index (χ2n) is 4.36. The van der Waals surface area contributed by atoms with Gasteiger partial charge in [0.2, 0.25) is 5.91 Å². The number of alkyl halides is 3. The third-order valence-corrected chi connectivity index (χ3v) is 2.58. The highest BCUT2D eigenvalue weighted by Gasteiger charge is 2.39. The lowest BCUT2D eigenvalue weighted by Gasteiger charge is -2.09. The molecule has 0 aliphatic rings. The van der Waals surface area contributed by atoms with Crippen LogP contribution < -0.4 is 0 Å². The second kappa shape index (κ2) is 5.90. The fourth-order valence-electron chi connectivity index (χ4n) is 1.51. The van der Waals surface area contributed by atoms with Crippen molar-refractivity contribution < 1.29 is 22.8 Å². The number of carbonyl (C=O) groups is 2. The van der Waals surface area contributed by atoms with Gasteiger partial charge >= 0.3 is 6.18 Å². The van der Waals surface area contributed by atoms with E-state index in [9.17, 15) is 22.8 Å². The van der Waals surface area contributed by atoms with E-state index in [1.807, 2.05) is 0 Å². The molecule has 1 amide bonds. The molecular formula is C12H15F3N2O2. The molecule has 0 N–H and O–H groups in total. The average Bonchev–Trinajstić information content (AvgIpc) is 2.75. The summed E-state index contributed by atoms with van der Waals surface area (Å²) >= 11 is 0. The fourth-order valence-corrected chi connectivity index (χ4v) is 1.51. The normalized spacial score (nSPS) is 11.4. The molecule has 4 nitrogen and oxygen atoms in total. The molecule has 19 heavy (non-hydrogen) atoms. The van der Waals surface area contributed by atoms with Crippen LogP contribution in [-0.2, 0) is 11.3 Å². The van der Waals surface area contributed by atoms with Crippen molar-refractivity contribution in [2.24, 2.45) is 0 Å². The first kappa shape index (κ1) is 15.3. The smallest absolute Gasteiger partial charge is 0.353 e. The van der Waals surface area contributed by atoms with Gasteiger partial charge in [-0.15, -0.1) is 0 Å². The molecule has 0 saturated heterocycles. The summed E-state index contributed by atoms with van der Waals surface area (Å²) in [7, 11) is 3.27. The number of hydrogen-bond acceptors (Lipinski definition) is 2. The minimum Gasteiger partial charge on any atom is -0.353 e. The fraction of sp³-hybridized carbons (Fsp3) is 0.500. The first-order valence-electron chi connectivity index (χ1n) is 5.69. The molecule has 7 heteroatoms. The van der Waals surface area contributed by atoms with Crippen molar-refractivity contribution in [3.63, 3.8) is 0 Å². The van der Waals surface area contributed by atoms with Gasteiger partial charge in [0.25, 0.3) is 5.78 Å². The molecule has 0 saturated carbocycles. The molecule has 0 bridgehead atoms. The van der Waals surface area contributed by atoms with Crippen LogP contribution in [-0.4, -0.2) is 41.4 Å². The number of amides is 1. The Bertz CT molecular complexity index is 464. The van der Waals surface area contributed by atoms with E-state index < -0.39 is 12.0 Å². The summed E-state index contributed by atoms with van der Waals surface area (Å²) in [6.07, 6.45) is -1.48. The van der Waals surface area contributed by atoms with Crippen LogP contribution in [0.2, 0.25) is 0 Å². The van der Waals surface area contributed by atoms with E-state index in [0.29, 0.717) is 19.4 Å². The molecule has 0 fully saturated rings. The number of ketones is 1. The average molecular weight is 276 g/mol. The van der Waals surface area contributed by atoms with Gasteiger partial charge in [0.05, 0.1) is 0 Å². The quantitative estimate of drug-likeness (QED) is 0.773. The summed E-state index contributed by atoms with van der Waals surface area (Å²) in [5.41, 5.74) is -0.383. The van der Waals surface area contributed by atoms with Gasteiger partial charge in [-0.2, -0.15) is 13.2 Å². The van der Waals surface area contributed by atoms with Crippen molar-refractivity contribution in [1.29, 1.82) is 0 Å². The van der Waals surface area contributed by atoms with Crippen LogP contribution in [0.5, 0.6) is 0 Å². The monoisotopic (exact) mass is 276 g/mol. The Morgan fingerprint density at radius 3 is 2.47 bits per heavy atom. The molecule has 0 spiro atoms. The second-order valence-corrected chi connectivity index (χ2v) is 4.36. The first-order valence-corrected chi connectivity index (χ1v) is 5.69. The third kappa shape index (κ3) is 4.42. The Hall–Kier alpha value is -1.79. The number of carbonyl (C=O) groups excluding carboxylic acids is 2. The molecule has 0 unspecified atom stereocenters. The van der Waals surface area contributed by atoms with Gasteiger partial charge in [0.15, 0.2) is 0 Å². The van der Waals surface area contributed by atoms with Crippen molar-refractivity contribution >= 4 is 11.7 Å². The zero-order chi connectivity index (χ0) is 14.6. The molecule has 0 atom stereocenters. The molecule has 106 valence electrons. The lowest BCUT2D eigenvalue weighted by atomic mass is 10.2. The SMILES string of the molecule is CN(C)C(=O)CCCn1ccc(C(=O)C(F)(F)F)c1. The van der Waals surface area contributed by atoms with Gasteiger partial charge in [-0.05, 0) is 12.5 Å². The molecule has 0 radical (unpaired) electrons. The summed E-state index contributed by atoms with van der Waals surface area (Å²) in [6.45, 7) is 0.394. The highest BCUT2D eigenvalue weighted by Crippen LogP contribution is 2.21. The van der Waals surface area contributed by atoms with Crippen LogP contribution in [0.4, 0.5) is 13.2 Å². The van der Waals surface area contributed by atoms with Crippen molar-refractivity contribution in [3.05, 3.63) is 24.0 Å². The number of halogens is 3. The lowest BCUT2D eigenvalue weighted by molar-refractivity contribution is -0.128. The van der Waals surface area contributed by atoms with Crippen LogP contribution in [0.3, 0.4) is 0 Å². The van der Waals surface area contributed by atoms with Gasteiger partial charge in [0, 0.05) is 45.0 Å². The van der Waals surface area contributed by atoms with Crippen LogP contribution >= 0.6 is 0 Å². The van der Waals surface area contributed by atoms with E-state index in [1.165, 1.54) is 15.7 Å². The molecular weight excluding hydrogens is 261 g/mol. The van der Waals surface area contributed by atoms with Crippen LogP contribution in [0.15, 0.2) is 18.5 Å². The molecule has 0 aromatic carbocycles. The summed E-state index contributed by atoms with van der Waals surface area (Å²) < 4.78 is 38.0. The predicted molar refractivity (Wildman–Crippen MR) is 62.7 cm³/mol. The Morgan fingerprint density at radius 1 is 1.32 bits per heavy atom. The molecule has 1 aromatic heterocycles. The molecule has 1 heterocycles. The first-order chi connectivity index (χ1) is 8.71. The molecule has 0 aliphatic carbocycles. The van der Waals surface area contributed by atoms with E-state index in [1.54, 1.807) is 14.1 Å². The standard InChI is InChI=1S/C12H15F3N2O2/c1-16(2)10(18)4-3-6-17-7-5-9(8-17)11(19)12(13,14)15/h5,7-8H,3-4,6H2,1-2H3. The third-order valence-electron chi connectivity index (χ3n) is 2.58. The number of hydrogen-bond donors (Lipinski definition) is 0. The van der Waals surface area contributed by atoms with E-state index in [2.05, 4.69) is 0 Å². The van der Waals surface area contributed by atoms with E-state index in [-0.39, 0.29) is 11.5 Å². The van der Waals surface area contributed by atoms with E-state index in [0.717, 1.165) is 12.3 Å². The Morgan fingerprint density at radius 2 is 1.95 bits per heavy atom. The Balaban J connectivity index is 2.52. The Labute approximate surface area is 108 Å². The van der Waals surface area contributed by atoms with Crippen molar-refractivity contribution in [2.45, 2.75) is 25.6 Å². The highest BCUT2D eigenvalue weighted by molar-refractivity contribution is 6.00. The largest absolute Gasteiger partial charge is 0.454 e. The summed E-state index contributed by atoms with van der Waals surface area (Å²) in [4.78, 5) is 23.7. The summed E-state index contributed by atoms with van der Waals surface area (Å²) in [5.74, 6) is -1.89. The van der Waals surface area contributed by atoms with Crippen molar-refractivity contribution in [1.82, 2.24) is 9.47 Å². The predicted octanol–water partition coefficient (Wildman–Crippen LogP) is 2.10. The van der Waals surface area contributed by atoms with Gasteiger partial charge in [-0.3, -0.25) is 9.59 Å². The van der Waals surface area contributed by atoms with Gasteiger partial charge < -0.3 is 9.47 Å². The van der Waals surface area contributed by atoms with Gasteiger partial charge in [-0.25, -0.2) is 0 Å². The number of aromatic nitrogens is 1. The number of aryl methyl sites for hydroxylation is 1. The molecule has 0 aliphatic heterocycles. The van der Waals surface area contributed by atoms with Crippen LogP contribution in [0, 0.1) is 0 Å². The topological polar surface area (TPSA) is 42.3 Å². The number of Topliss-reactive ketones (excluding diaryl/α,β-unsaturated/α-hetero) is 1. The maximum absolute atomic E-state index is 12.2. The Kier molecular flexibility index (Phi) is 4.74. The lowest BCUT2D eigenvalue weighted by Crippen LogP contribution is -2.22. The van der Waals surface area contributed by atoms with Gasteiger partial charge in [0.1, 0.15) is 0 Å². The molecule has 1 rings (SSSR count). The zero-order valence-corrected chi connectivity index (χ0v) is 10.7. The minimum atomic E-state index is -4.85. The minimum absolute atomic E-state index is 0.0428. The maximum atomic E-state index is 12.2. The van der Waals surface area contributed by atoms with Crippen LogP contribution in [0.25, 0.3) is 0 Å². The van der Waals surface area contributed by atoms with E-state index >= 15 is 0 Å². The number of nitrogens with zero attached hydrogens (tertiary/aromatic N) is 2. The molecule has 1 aromatic rings. The summed E-state index contributed by atoms with van der Waals surface area (Å²) in [5, 5.41) is 0. The highest BCUT2D eigenvalue weighted by atomic mass is 19.4. The summed E-state index contributed by atoms with van der Waals surface area (Å²) in [6, 6.07) is 1.13. The van der Waals surface area contributed by atoms with Crippen molar-refractivity contribution in [3.8, 4) is 0 Å². The maximum Gasteiger partial charge on any atom is 0.454 e.